The van der Waals surface area contributed by atoms with Gasteiger partial charge in [-0.1, -0.05) is 46.3 Å². The van der Waals surface area contributed by atoms with Crippen molar-refractivity contribution in [3.05, 3.63) is 70.1 Å². The molecule has 2 aromatic carbocycles. The van der Waals surface area contributed by atoms with Gasteiger partial charge in [0, 0.05) is 29.1 Å². The van der Waals surface area contributed by atoms with E-state index in [1.165, 1.54) is 11.6 Å². The second kappa shape index (κ2) is 6.85. The number of likely N-dealkylation sites (N-methyl/N-ethyl adjacent to an activating group) is 1. The smallest absolute Gasteiger partial charge is 0.147 e. The van der Waals surface area contributed by atoms with Crippen LogP contribution >= 0.6 is 15.9 Å². The van der Waals surface area contributed by atoms with E-state index in [9.17, 15) is 4.39 Å². The molecule has 3 rings (SSSR count). The summed E-state index contributed by atoms with van der Waals surface area (Å²) < 4.78 is 17.5. The maximum absolute atomic E-state index is 14.4. The van der Waals surface area contributed by atoms with Crippen LogP contribution in [-0.2, 0) is 13.0 Å². The Morgan fingerprint density at radius 3 is 2.57 bits per heavy atom. The van der Waals surface area contributed by atoms with Crippen LogP contribution in [0.4, 0.5) is 4.39 Å². The summed E-state index contributed by atoms with van der Waals surface area (Å²) in [6.45, 7) is 1.60. The topological polar surface area (TPSA) is 8.17 Å². The Balaban J connectivity index is 2.04. The predicted molar refractivity (Wildman–Crippen MR) is 97.4 cm³/mol. The molecule has 0 unspecified atom stereocenters. The van der Waals surface area contributed by atoms with E-state index in [0.717, 1.165) is 28.4 Å². The van der Waals surface area contributed by atoms with Gasteiger partial charge in [0.2, 0.25) is 0 Å². The summed E-state index contributed by atoms with van der Waals surface area (Å²) in [7, 11) is 4.11. The third-order valence-corrected chi connectivity index (χ3v) is 4.83. The quantitative estimate of drug-likeness (QED) is 0.628. The summed E-state index contributed by atoms with van der Waals surface area (Å²) >= 11 is 3.58. The highest BCUT2D eigenvalue weighted by Gasteiger charge is 2.13. The third-order valence-electron chi connectivity index (χ3n) is 4.06. The summed E-state index contributed by atoms with van der Waals surface area (Å²) in [5.41, 5.74) is 3.03. The molecule has 120 valence electrons. The van der Waals surface area contributed by atoms with Gasteiger partial charge in [0.1, 0.15) is 5.82 Å². The highest BCUT2D eigenvalue weighted by atomic mass is 79.9. The zero-order chi connectivity index (χ0) is 16.4. The number of fused-ring (bicyclic) bond motifs is 1. The molecule has 0 amide bonds. The van der Waals surface area contributed by atoms with Crippen LogP contribution in [0.25, 0.3) is 10.9 Å². The van der Waals surface area contributed by atoms with Gasteiger partial charge in [0.05, 0.1) is 5.52 Å². The number of hydrogen-bond donors (Lipinski definition) is 0. The lowest BCUT2D eigenvalue weighted by Gasteiger charge is -2.08. The molecule has 0 aliphatic heterocycles. The van der Waals surface area contributed by atoms with Crippen LogP contribution in [0.5, 0.6) is 0 Å². The molecule has 0 aliphatic rings. The molecule has 0 spiro atoms. The maximum atomic E-state index is 14.4. The zero-order valence-corrected chi connectivity index (χ0v) is 15.0. The average molecular weight is 375 g/mol. The fourth-order valence-corrected chi connectivity index (χ4v) is 3.28. The number of nitrogens with zero attached hydrogens (tertiary/aromatic N) is 2. The Hall–Kier alpha value is -1.65. The number of halogens is 2. The minimum absolute atomic E-state index is 0.161. The maximum Gasteiger partial charge on any atom is 0.147 e. The molecule has 1 aromatic heterocycles. The highest BCUT2D eigenvalue weighted by Crippen LogP contribution is 2.27. The zero-order valence-electron chi connectivity index (χ0n) is 13.4. The standard InChI is InChI=1S/C19H20BrFN2/c1-22(2)11-10-14-12-23(13-15-6-3-4-8-17(15)20)19-16(14)7-5-9-18(19)21/h3-9,12H,10-11,13H2,1-2H3. The molecule has 0 bridgehead atoms. The molecular formula is C19H20BrFN2. The summed E-state index contributed by atoms with van der Waals surface area (Å²) in [4.78, 5) is 2.15. The number of hydrogen-bond acceptors (Lipinski definition) is 1. The molecule has 0 fully saturated rings. The normalized spacial score (nSPS) is 11.5. The van der Waals surface area contributed by atoms with Crippen molar-refractivity contribution in [2.24, 2.45) is 0 Å². The van der Waals surface area contributed by atoms with Crippen molar-refractivity contribution in [1.82, 2.24) is 9.47 Å². The molecule has 2 nitrogen and oxygen atoms in total. The lowest BCUT2D eigenvalue weighted by Crippen LogP contribution is -2.14. The molecule has 0 saturated carbocycles. The van der Waals surface area contributed by atoms with Crippen LogP contribution < -0.4 is 0 Å². The first kappa shape index (κ1) is 16.2. The molecule has 0 N–H and O–H groups in total. The number of aromatic nitrogens is 1. The fourth-order valence-electron chi connectivity index (χ4n) is 2.87. The molecule has 23 heavy (non-hydrogen) atoms. The Bertz CT molecular complexity index is 823. The van der Waals surface area contributed by atoms with Gasteiger partial charge in [-0.3, -0.25) is 0 Å². The van der Waals surface area contributed by atoms with E-state index in [1.54, 1.807) is 6.07 Å². The van der Waals surface area contributed by atoms with Crippen molar-refractivity contribution in [1.29, 1.82) is 0 Å². The van der Waals surface area contributed by atoms with Crippen LogP contribution in [0.3, 0.4) is 0 Å². The molecule has 0 radical (unpaired) electrons. The van der Waals surface area contributed by atoms with E-state index in [-0.39, 0.29) is 5.82 Å². The van der Waals surface area contributed by atoms with Crippen molar-refractivity contribution in [2.45, 2.75) is 13.0 Å². The van der Waals surface area contributed by atoms with Gasteiger partial charge in [0.25, 0.3) is 0 Å². The SMILES string of the molecule is CN(C)CCc1cn(Cc2ccccc2Br)c2c(F)cccc12. The van der Waals surface area contributed by atoms with Crippen molar-refractivity contribution < 1.29 is 4.39 Å². The number of para-hydroxylation sites is 1. The van der Waals surface area contributed by atoms with Gasteiger partial charge in [-0.25, -0.2) is 4.39 Å². The molecule has 0 saturated heterocycles. The van der Waals surface area contributed by atoms with Gasteiger partial charge >= 0.3 is 0 Å². The van der Waals surface area contributed by atoms with E-state index < -0.39 is 0 Å². The van der Waals surface area contributed by atoms with Crippen molar-refractivity contribution in [3.8, 4) is 0 Å². The Labute approximate surface area is 144 Å². The summed E-state index contributed by atoms with van der Waals surface area (Å²) in [6.07, 6.45) is 3.01. The van der Waals surface area contributed by atoms with Gasteiger partial charge < -0.3 is 9.47 Å². The molecular weight excluding hydrogens is 355 g/mol. The predicted octanol–water partition coefficient (Wildman–Crippen LogP) is 4.70. The summed E-state index contributed by atoms with van der Waals surface area (Å²) in [5.74, 6) is -0.161. The number of rotatable bonds is 5. The van der Waals surface area contributed by atoms with E-state index in [4.69, 9.17) is 0 Å². The van der Waals surface area contributed by atoms with Gasteiger partial charge in [-0.2, -0.15) is 0 Å². The minimum atomic E-state index is -0.161. The number of benzene rings is 2. The van der Waals surface area contributed by atoms with Crippen LogP contribution in [0.15, 0.2) is 53.1 Å². The van der Waals surface area contributed by atoms with Crippen LogP contribution in [-0.4, -0.2) is 30.1 Å². The molecule has 3 aromatic rings. The Kier molecular flexibility index (Phi) is 4.83. The van der Waals surface area contributed by atoms with E-state index in [2.05, 4.69) is 47.2 Å². The first-order chi connectivity index (χ1) is 11.1. The average Bonchev–Trinajstić information content (AvgIpc) is 2.87. The third kappa shape index (κ3) is 3.48. The van der Waals surface area contributed by atoms with Crippen LogP contribution in [0.2, 0.25) is 0 Å². The Morgan fingerprint density at radius 1 is 1.04 bits per heavy atom. The van der Waals surface area contributed by atoms with Crippen LogP contribution in [0, 0.1) is 5.82 Å². The molecule has 4 heteroatoms. The Morgan fingerprint density at radius 2 is 1.83 bits per heavy atom. The monoisotopic (exact) mass is 374 g/mol. The first-order valence-corrected chi connectivity index (χ1v) is 8.50. The minimum Gasteiger partial charge on any atom is -0.340 e. The van der Waals surface area contributed by atoms with E-state index in [1.807, 2.05) is 28.8 Å². The summed E-state index contributed by atoms with van der Waals surface area (Å²) in [6, 6.07) is 13.4. The second-order valence-corrected chi connectivity index (χ2v) is 6.92. The highest BCUT2D eigenvalue weighted by molar-refractivity contribution is 9.10. The molecule has 0 aliphatic carbocycles. The lowest BCUT2D eigenvalue weighted by molar-refractivity contribution is 0.414. The molecule has 0 atom stereocenters. The van der Waals surface area contributed by atoms with Crippen molar-refractivity contribution in [2.75, 3.05) is 20.6 Å². The van der Waals surface area contributed by atoms with Gasteiger partial charge in [-0.15, -0.1) is 0 Å². The second-order valence-electron chi connectivity index (χ2n) is 6.06. The van der Waals surface area contributed by atoms with Gasteiger partial charge in [0.15, 0.2) is 0 Å². The van der Waals surface area contributed by atoms with Crippen LogP contribution in [0.1, 0.15) is 11.1 Å². The fraction of sp³-hybridized carbons (Fsp3) is 0.263. The summed E-state index contributed by atoms with van der Waals surface area (Å²) in [5, 5.41) is 1.01. The van der Waals surface area contributed by atoms with Crippen molar-refractivity contribution in [3.63, 3.8) is 0 Å². The van der Waals surface area contributed by atoms with E-state index in [0.29, 0.717) is 12.1 Å². The largest absolute Gasteiger partial charge is 0.340 e. The van der Waals surface area contributed by atoms with E-state index >= 15 is 0 Å². The first-order valence-electron chi connectivity index (χ1n) is 7.70. The van der Waals surface area contributed by atoms with Crippen molar-refractivity contribution >= 4 is 26.8 Å². The lowest BCUT2D eigenvalue weighted by atomic mass is 10.1. The van der Waals surface area contributed by atoms with Gasteiger partial charge in [-0.05, 0) is 43.8 Å². The molecule has 1 heterocycles.